The third-order valence-electron chi connectivity index (χ3n) is 8.29. The number of rotatable bonds is 2. The van der Waals surface area contributed by atoms with Gasteiger partial charge in [-0.2, -0.15) is 0 Å². The molecule has 0 aromatic rings. The molecule has 6 atom stereocenters. The number of halogens is 1. The van der Waals surface area contributed by atoms with E-state index in [9.17, 15) is 0 Å². The molecular weight excluding hydrogens is 439 g/mol. The molecule has 1 heteroatoms. The second-order valence-electron chi connectivity index (χ2n) is 9.15. The summed E-state index contributed by atoms with van der Waals surface area (Å²) in [5.41, 5.74) is 5.38. The molecule has 4 unspecified atom stereocenters. The molecule has 0 N–H and O–H groups in total. The van der Waals surface area contributed by atoms with Crippen LogP contribution >= 0.6 is 22.6 Å². The lowest BCUT2D eigenvalue weighted by molar-refractivity contribution is -0.00107. The van der Waals surface area contributed by atoms with Crippen LogP contribution in [0, 0.1) is 35.0 Å². The maximum absolute atomic E-state index is 4.38. The monoisotopic (exact) mass is 478 g/mol. The molecule has 4 rings (SSSR count). The standard InChI is InChI=1S/C24H33I.C2H6/c1-5-24-13-12-20-19(22(24)11-10-21(24)17(4)25)9-8-18-7-6-15(2)14-16(3)23(18)20;1-2/h6-7,14,18-22H,4-5,8-13H2,1-3H3;1-2H3/t18-,19?,20?,21?,22?,24-;/m1./s1. The molecule has 3 saturated carbocycles. The van der Waals surface area contributed by atoms with Gasteiger partial charge in [0.15, 0.2) is 0 Å². The van der Waals surface area contributed by atoms with Gasteiger partial charge in [0.05, 0.1) is 0 Å². The van der Waals surface area contributed by atoms with Crippen molar-refractivity contribution >= 4 is 22.6 Å². The van der Waals surface area contributed by atoms with Crippen molar-refractivity contribution in [2.45, 2.75) is 79.6 Å². The van der Waals surface area contributed by atoms with Gasteiger partial charge < -0.3 is 0 Å². The van der Waals surface area contributed by atoms with Crippen molar-refractivity contribution in [1.29, 1.82) is 0 Å². The zero-order valence-corrected chi connectivity index (χ0v) is 20.3. The quantitative estimate of drug-likeness (QED) is 0.349. The van der Waals surface area contributed by atoms with Crippen LogP contribution in [0.4, 0.5) is 0 Å². The van der Waals surface area contributed by atoms with Crippen molar-refractivity contribution in [3.05, 3.63) is 45.1 Å². The van der Waals surface area contributed by atoms with Crippen LogP contribution in [0.2, 0.25) is 0 Å². The Hall–Kier alpha value is -0.310. The molecule has 0 aromatic carbocycles. The highest BCUT2D eigenvalue weighted by Gasteiger charge is 2.57. The minimum atomic E-state index is 0.563. The van der Waals surface area contributed by atoms with Crippen LogP contribution in [0.3, 0.4) is 0 Å². The van der Waals surface area contributed by atoms with Crippen LogP contribution in [0.1, 0.15) is 79.6 Å². The SMILES string of the molecule is C=C(I)C1CCC2C3CC[C@H]4C=CC(C)=CC(C)=C4C3CC[C@]12CC.CC. The first-order valence-corrected chi connectivity index (χ1v) is 12.5. The first kappa shape index (κ1) is 21.4. The van der Waals surface area contributed by atoms with E-state index in [2.05, 4.69) is 68.2 Å². The Morgan fingerprint density at radius 3 is 2.56 bits per heavy atom. The Balaban J connectivity index is 0.00000102. The summed E-state index contributed by atoms with van der Waals surface area (Å²) in [4.78, 5) is 0. The van der Waals surface area contributed by atoms with Crippen LogP contribution in [-0.2, 0) is 0 Å². The Bertz CT molecular complexity index is 664. The second-order valence-corrected chi connectivity index (χ2v) is 10.5. The number of hydrogen-bond donors (Lipinski definition) is 0. The van der Waals surface area contributed by atoms with Gasteiger partial charge in [-0.05, 0) is 120 Å². The molecule has 0 heterocycles. The van der Waals surface area contributed by atoms with E-state index in [4.69, 9.17) is 0 Å². The molecule has 0 aromatic heterocycles. The van der Waals surface area contributed by atoms with Gasteiger partial charge in [0.2, 0.25) is 0 Å². The molecule has 0 saturated heterocycles. The lowest BCUT2D eigenvalue weighted by Gasteiger charge is -2.54. The van der Waals surface area contributed by atoms with Crippen molar-refractivity contribution < 1.29 is 0 Å². The van der Waals surface area contributed by atoms with Gasteiger partial charge >= 0.3 is 0 Å². The van der Waals surface area contributed by atoms with E-state index >= 15 is 0 Å². The Labute approximate surface area is 181 Å². The fourth-order valence-electron chi connectivity index (χ4n) is 7.37. The van der Waals surface area contributed by atoms with Crippen molar-refractivity contribution in [2.24, 2.45) is 35.0 Å². The molecule has 0 bridgehead atoms. The number of fused-ring (bicyclic) bond motifs is 5. The van der Waals surface area contributed by atoms with Gasteiger partial charge in [-0.25, -0.2) is 0 Å². The van der Waals surface area contributed by atoms with Crippen molar-refractivity contribution in [3.8, 4) is 0 Å². The molecule has 0 aliphatic heterocycles. The molecule has 0 radical (unpaired) electrons. The first-order valence-electron chi connectivity index (χ1n) is 11.4. The molecule has 4 aliphatic rings. The van der Waals surface area contributed by atoms with E-state index in [0.29, 0.717) is 11.3 Å². The van der Waals surface area contributed by atoms with E-state index < -0.39 is 0 Å². The van der Waals surface area contributed by atoms with Gasteiger partial charge in [-0.1, -0.05) is 62.3 Å². The van der Waals surface area contributed by atoms with E-state index in [1.807, 2.05) is 19.4 Å². The van der Waals surface area contributed by atoms with Crippen LogP contribution in [-0.4, -0.2) is 0 Å². The fourth-order valence-corrected chi connectivity index (χ4v) is 8.30. The van der Waals surface area contributed by atoms with Gasteiger partial charge in [0, 0.05) is 0 Å². The maximum atomic E-state index is 4.38. The summed E-state index contributed by atoms with van der Waals surface area (Å²) < 4.78 is 1.43. The van der Waals surface area contributed by atoms with Crippen LogP contribution in [0.25, 0.3) is 0 Å². The third kappa shape index (κ3) is 3.55. The number of hydrogen-bond acceptors (Lipinski definition) is 0. The average molecular weight is 479 g/mol. The summed E-state index contributed by atoms with van der Waals surface area (Å²) in [5.74, 6) is 4.19. The van der Waals surface area contributed by atoms with Crippen LogP contribution in [0.15, 0.2) is 45.1 Å². The molecule has 0 amide bonds. The minimum Gasteiger partial charge on any atom is -0.0894 e. The Morgan fingerprint density at radius 2 is 1.89 bits per heavy atom. The largest absolute Gasteiger partial charge is 0.0894 e. The molecule has 4 aliphatic carbocycles. The maximum Gasteiger partial charge on any atom is -0.00113 e. The van der Waals surface area contributed by atoms with Crippen LogP contribution in [0.5, 0.6) is 0 Å². The Morgan fingerprint density at radius 1 is 1.15 bits per heavy atom. The van der Waals surface area contributed by atoms with E-state index in [-0.39, 0.29) is 0 Å². The Kier molecular flexibility index (Phi) is 6.81. The van der Waals surface area contributed by atoms with Crippen molar-refractivity contribution in [3.63, 3.8) is 0 Å². The van der Waals surface area contributed by atoms with Gasteiger partial charge in [-0.15, -0.1) is 0 Å². The molecule has 0 nitrogen and oxygen atoms in total. The second kappa shape index (κ2) is 8.59. The highest BCUT2D eigenvalue weighted by atomic mass is 127. The molecule has 0 spiro atoms. The lowest BCUT2D eigenvalue weighted by Crippen LogP contribution is -2.46. The summed E-state index contributed by atoms with van der Waals surface area (Å²) in [6.07, 6.45) is 17.2. The summed E-state index contributed by atoms with van der Waals surface area (Å²) in [7, 11) is 0. The van der Waals surface area contributed by atoms with Crippen molar-refractivity contribution in [2.75, 3.05) is 0 Å². The predicted octanol–water partition coefficient (Wildman–Crippen LogP) is 8.65. The average Bonchev–Trinajstić information content (AvgIpc) is 3.00. The van der Waals surface area contributed by atoms with E-state index in [1.165, 1.54) is 54.1 Å². The summed E-state index contributed by atoms with van der Waals surface area (Å²) >= 11 is 2.53. The van der Waals surface area contributed by atoms with E-state index in [0.717, 1.165) is 23.7 Å². The third-order valence-corrected chi connectivity index (χ3v) is 9.04. The predicted molar refractivity (Wildman–Crippen MR) is 128 cm³/mol. The zero-order valence-electron chi connectivity index (χ0n) is 18.2. The summed E-state index contributed by atoms with van der Waals surface area (Å²) in [6, 6.07) is 0. The molecular formula is C26H39I. The van der Waals surface area contributed by atoms with E-state index in [1.54, 1.807) is 5.57 Å². The van der Waals surface area contributed by atoms with Crippen LogP contribution < -0.4 is 0 Å². The van der Waals surface area contributed by atoms with Gasteiger partial charge in [0.25, 0.3) is 0 Å². The molecule has 3 fully saturated rings. The molecule has 150 valence electrons. The summed E-state index contributed by atoms with van der Waals surface area (Å²) in [6.45, 7) is 15.5. The minimum absolute atomic E-state index is 0.563. The van der Waals surface area contributed by atoms with Crippen molar-refractivity contribution in [1.82, 2.24) is 0 Å². The first-order chi connectivity index (χ1) is 13.0. The molecule has 27 heavy (non-hydrogen) atoms. The van der Waals surface area contributed by atoms with Gasteiger partial charge in [0.1, 0.15) is 0 Å². The number of allylic oxidation sites excluding steroid dienone is 7. The highest BCUT2D eigenvalue weighted by Crippen LogP contribution is 2.66. The summed E-state index contributed by atoms with van der Waals surface area (Å²) in [5, 5.41) is 0. The highest BCUT2D eigenvalue weighted by molar-refractivity contribution is 14.1. The van der Waals surface area contributed by atoms with Gasteiger partial charge in [-0.3, -0.25) is 0 Å². The lowest BCUT2D eigenvalue weighted by atomic mass is 9.51. The topological polar surface area (TPSA) is 0 Å². The smallest absolute Gasteiger partial charge is 0.00113 e. The normalized spacial score (nSPS) is 40.1. The zero-order chi connectivity index (χ0) is 19.8. The fraction of sp³-hybridized carbons (Fsp3) is 0.692.